The lowest BCUT2D eigenvalue weighted by molar-refractivity contribution is 0.167. The van der Waals surface area contributed by atoms with E-state index in [1.165, 1.54) is 6.07 Å². The van der Waals surface area contributed by atoms with E-state index in [0.717, 1.165) is 29.6 Å². The zero-order chi connectivity index (χ0) is 13.0. The Labute approximate surface area is 115 Å². The van der Waals surface area contributed by atoms with E-state index >= 15 is 0 Å². The fourth-order valence-corrected chi connectivity index (χ4v) is 2.46. The third-order valence-electron chi connectivity index (χ3n) is 2.92. The van der Waals surface area contributed by atoms with Crippen LogP contribution in [0.1, 0.15) is 31.4 Å². The van der Waals surface area contributed by atoms with Crippen LogP contribution >= 0.6 is 15.9 Å². The Balaban J connectivity index is 2.34. The van der Waals surface area contributed by atoms with Crippen LogP contribution in [0.3, 0.4) is 0 Å². The number of allylic oxidation sites excluding steroid dienone is 1. The van der Waals surface area contributed by atoms with Crippen LogP contribution in [-0.4, -0.2) is 13.2 Å². The second-order valence-corrected chi connectivity index (χ2v) is 5.17. The highest BCUT2D eigenvalue weighted by atomic mass is 79.9. The summed E-state index contributed by atoms with van der Waals surface area (Å²) in [5.41, 5.74) is 0.624. The van der Waals surface area contributed by atoms with Gasteiger partial charge in [0.1, 0.15) is 11.6 Å². The second-order valence-electron chi connectivity index (χ2n) is 4.25. The largest absolute Gasteiger partial charge is 0.496 e. The molecule has 0 bridgehead atoms. The van der Waals surface area contributed by atoms with Gasteiger partial charge in [-0.05, 0) is 43.7 Å². The Morgan fingerprint density at radius 3 is 3.00 bits per heavy atom. The lowest BCUT2D eigenvalue weighted by Crippen LogP contribution is -2.26. The van der Waals surface area contributed by atoms with Gasteiger partial charge in [0.25, 0.3) is 0 Å². The molecule has 0 spiro atoms. The maximum absolute atomic E-state index is 14.0. The minimum atomic E-state index is -0.209. The number of likely N-dealkylation sites (N-methyl/N-ethyl adjacent to an activating group) is 1. The minimum Gasteiger partial charge on any atom is -0.496 e. The monoisotopic (exact) mass is 313 g/mol. The fraction of sp³-hybridized carbons (Fsp3) is 0.429. The molecule has 1 aliphatic heterocycles. The summed E-state index contributed by atoms with van der Waals surface area (Å²) in [4.78, 5) is 0. The van der Waals surface area contributed by atoms with Gasteiger partial charge in [-0.3, -0.25) is 0 Å². The molecule has 18 heavy (non-hydrogen) atoms. The predicted molar refractivity (Wildman–Crippen MR) is 73.8 cm³/mol. The van der Waals surface area contributed by atoms with Crippen molar-refractivity contribution in [2.24, 2.45) is 0 Å². The standard InChI is InChI=1S/C14H17BrFNO/c1-2-17-14(13-5-3-4-8-18-13)11-9-10(15)6-7-12(11)16/h5-7,9,14,17H,2-4,8H2,1H3. The summed E-state index contributed by atoms with van der Waals surface area (Å²) in [7, 11) is 0. The summed E-state index contributed by atoms with van der Waals surface area (Å²) in [5.74, 6) is 0.624. The van der Waals surface area contributed by atoms with E-state index in [-0.39, 0.29) is 11.9 Å². The third kappa shape index (κ3) is 3.12. The van der Waals surface area contributed by atoms with Gasteiger partial charge in [-0.1, -0.05) is 22.9 Å². The lowest BCUT2D eigenvalue weighted by atomic mass is 10.0. The van der Waals surface area contributed by atoms with Gasteiger partial charge in [0.15, 0.2) is 0 Å². The van der Waals surface area contributed by atoms with E-state index in [1.807, 2.05) is 13.0 Å². The highest BCUT2D eigenvalue weighted by Gasteiger charge is 2.22. The molecule has 0 fully saturated rings. The van der Waals surface area contributed by atoms with Gasteiger partial charge in [0.05, 0.1) is 12.6 Å². The molecule has 1 aliphatic rings. The summed E-state index contributed by atoms with van der Waals surface area (Å²) >= 11 is 3.39. The van der Waals surface area contributed by atoms with Crippen molar-refractivity contribution in [3.05, 3.63) is 45.9 Å². The molecule has 1 aromatic carbocycles. The first kappa shape index (κ1) is 13.6. The van der Waals surface area contributed by atoms with Gasteiger partial charge < -0.3 is 10.1 Å². The second kappa shape index (κ2) is 6.34. The Hall–Kier alpha value is -0.870. The molecule has 1 heterocycles. The Morgan fingerprint density at radius 1 is 1.50 bits per heavy atom. The Morgan fingerprint density at radius 2 is 2.33 bits per heavy atom. The molecule has 0 saturated heterocycles. The molecule has 2 rings (SSSR count). The van der Waals surface area contributed by atoms with Crippen molar-refractivity contribution in [1.82, 2.24) is 5.32 Å². The highest BCUT2D eigenvalue weighted by molar-refractivity contribution is 9.10. The number of halogens is 2. The van der Waals surface area contributed by atoms with Crippen molar-refractivity contribution in [3.8, 4) is 0 Å². The SMILES string of the molecule is CCNC(C1=CCCCO1)c1cc(Br)ccc1F. The third-order valence-corrected chi connectivity index (χ3v) is 3.42. The van der Waals surface area contributed by atoms with Gasteiger partial charge in [0.2, 0.25) is 0 Å². The number of rotatable bonds is 4. The molecule has 0 aromatic heterocycles. The van der Waals surface area contributed by atoms with E-state index in [4.69, 9.17) is 4.74 Å². The molecule has 2 nitrogen and oxygen atoms in total. The normalized spacial score (nSPS) is 16.9. The summed E-state index contributed by atoms with van der Waals surface area (Å²) in [6, 6.07) is 4.79. The summed E-state index contributed by atoms with van der Waals surface area (Å²) in [6.07, 6.45) is 4.08. The first-order valence-electron chi connectivity index (χ1n) is 6.23. The maximum Gasteiger partial charge on any atom is 0.128 e. The molecular weight excluding hydrogens is 297 g/mol. The Kier molecular flexibility index (Phi) is 4.78. The van der Waals surface area contributed by atoms with Crippen LogP contribution in [0.25, 0.3) is 0 Å². The average Bonchev–Trinajstić information content (AvgIpc) is 2.40. The molecule has 4 heteroatoms. The molecule has 0 aliphatic carbocycles. The lowest BCUT2D eigenvalue weighted by Gasteiger charge is -2.25. The quantitative estimate of drug-likeness (QED) is 0.909. The van der Waals surface area contributed by atoms with Crippen LogP contribution in [0.5, 0.6) is 0 Å². The number of ether oxygens (including phenoxy) is 1. The van der Waals surface area contributed by atoms with Crippen molar-refractivity contribution < 1.29 is 9.13 Å². The van der Waals surface area contributed by atoms with E-state index in [1.54, 1.807) is 6.07 Å². The zero-order valence-corrected chi connectivity index (χ0v) is 12.0. The minimum absolute atomic E-state index is 0.201. The van der Waals surface area contributed by atoms with Crippen molar-refractivity contribution in [2.45, 2.75) is 25.8 Å². The summed E-state index contributed by atoms with van der Waals surface area (Å²) < 4.78 is 20.5. The van der Waals surface area contributed by atoms with Crippen LogP contribution in [0.4, 0.5) is 4.39 Å². The van der Waals surface area contributed by atoms with Gasteiger partial charge in [-0.25, -0.2) is 4.39 Å². The maximum atomic E-state index is 14.0. The van der Waals surface area contributed by atoms with Gasteiger partial charge >= 0.3 is 0 Å². The van der Waals surface area contributed by atoms with E-state index in [2.05, 4.69) is 27.3 Å². The number of benzene rings is 1. The van der Waals surface area contributed by atoms with Gasteiger partial charge in [-0.2, -0.15) is 0 Å². The number of hydrogen-bond donors (Lipinski definition) is 1. The fourth-order valence-electron chi connectivity index (χ4n) is 2.08. The van der Waals surface area contributed by atoms with E-state index < -0.39 is 0 Å². The van der Waals surface area contributed by atoms with Crippen molar-refractivity contribution in [3.63, 3.8) is 0 Å². The highest BCUT2D eigenvalue weighted by Crippen LogP contribution is 2.29. The van der Waals surface area contributed by atoms with Crippen molar-refractivity contribution in [1.29, 1.82) is 0 Å². The van der Waals surface area contributed by atoms with E-state index in [9.17, 15) is 4.39 Å². The summed E-state index contributed by atoms with van der Waals surface area (Å²) in [6.45, 7) is 3.48. The van der Waals surface area contributed by atoms with Crippen LogP contribution in [-0.2, 0) is 4.74 Å². The molecule has 1 unspecified atom stereocenters. The molecule has 0 amide bonds. The van der Waals surface area contributed by atoms with Crippen LogP contribution in [0.2, 0.25) is 0 Å². The molecule has 0 saturated carbocycles. The van der Waals surface area contributed by atoms with Crippen molar-refractivity contribution >= 4 is 15.9 Å². The molecule has 1 aromatic rings. The zero-order valence-electron chi connectivity index (χ0n) is 10.4. The topological polar surface area (TPSA) is 21.3 Å². The molecule has 1 atom stereocenters. The number of hydrogen-bond acceptors (Lipinski definition) is 2. The van der Waals surface area contributed by atoms with Crippen LogP contribution in [0, 0.1) is 5.82 Å². The molecule has 98 valence electrons. The Bertz CT molecular complexity index is 447. The molecule has 0 radical (unpaired) electrons. The summed E-state index contributed by atoms with van der Waals surface area (Å²) in [5, 5.41) is 3.28. The predicted octanol–water partition coefficient (Wildman–Crippen LogP) is 3.93. The molecule has 1 N–H and O–H groups in total. The number of nitrogens with one attached hydrogen (secondary N) is 1. The van der Waals surface area contributed by atoms with Gasteiger partial charge in [-0.15, -0.1) is 0 Å². The first-order valence-corrected chi connectivity index (χ1v) is 7.03. The van der Waals surface area contributed by atoms with Crippen LogP contribution in [0.15, 0.2) is 34.5 Å². The van der Waals surface area contributed by atoms with Crippen LogP contribution < -0.4 is 5.32 Å². The smallest absolute Gasteiger partial charge is 0.128 e. The van der Waals surface area contributed by atoms with Crippen molar-refractivity contribution in [2.75, 3.05) is 13.2 Å². The molecular formula is C14H17BrFNO. The van der Waals surface area contributed by atoms with Gasteiger partial charge in [0, 0.05) is 10.0 Å². The van der Waals surface area contributed by atoms with E-state index in [0.29, 0.717) is 12.2 Å². The first-order chi connectivity index (χ1) is 8.72. The average molecular weight is 314 g/mol.